The quantitative estimate of drug-likeness (QED) is 0.463. The van der Waals surface area contributed by atoms with Crippen molar-refractivity contribution in [1.29, 1.82) is 0 Å². The summed E-state index contributed by atoms with van der Waals surface area (Å²) in [5, 5.41) is 6.16. The summed E-state index contributed by atoms with van der Waals surface area (Å²) in [5.41, 5.74) is 0. The first-order valence-electron chi connectivity index (χ1n) is 2.14. The van der Waals surface area contributed by atoms with Gasteiger partial charge < -0.3 is 5.11 Å². The molecule has 0 aromatic rings. The Balaban J connectivity index is 4.55. The van der Waals surface area contributed by atoms with Crippen LogP contribution in [0.5, 0.6) is 0 Å². The van der Waals surface area contributed by atoms with E-state index in [0.29, 0.717) is 0 Å². The van der Waals surface area contributed by atoms with Gasteiger partial charge in [-0.25, -0.2) is 0 Å². The van der Waals surface area contributed by atoms with Crippen LogP contribution in [0.15, 0.2) is 0 Å². The van der Waals surface area contributed by atoms with Crippen molar-refractivity contribution >= 4 is 27.7 Å². The van der Waals surface area contributed by atoms with Gasteiger partial charge in [0, 0.05) is 0 Å². The van der Waals surface area contributed by atoms with E-state index in [1.807, 2.05) is 0 Å². The van der Waals surface area contributed by atoms with Gasteiger partial charge in [0.1, 0.15) is 0 Å². The Morgan fingerprint density at radius 2 is 2.00 bits per heavy atom. The van der Waals surface area contributed by atoms with E-state index in [-0.39, 0.29) is 0 Å². The molecule has 0 spiro atoms. The smallest absolute Gasteiger partial charge is 0.325 e. The Labute approximate surface area is 62.4 Å². The molecule has 0 saturated carbocycles. The summed E-state index contributed by atoms with van der Waals surface area (Å²) in [6.07, 6.45) is 0. The van der Waals surface area contributed by atoms with Gasteiger partial charge in [-0.3, -0.25) is 9.35 Å². The normalized spacial score (nSPS) is 14.6. The molecule has 0 radical (unpaired) electrons. The van der Waals surface area contributed by atoms with Gasteiger partial charge in [-0.15, -0.1) is 11.6 Å². The maximum atomic E-state index is 10.1. The minimum atomic E-state index is -4.55. The third-order valence-electron chi connectivity index (χ3n) is 0.775. The molecule has 10 heavy (non-hydrogen) atoms. The Morgan fingerprint density at radius 1 is 1.60 bits per heavy atom. The minimum Gasteiger partial charge on any atom is -0.480 e. The van der Waals surface area contributed by atoms with Crippen LogP contribution >= 0.6 is 11.6 Å². The van der Waals surface area contributed by atoms with Crippen molar-refractivity contribution in [3.05, 3.63) is 0 Å². The first-order chi connectivity index (χ1) is 4.39. The predicted octanol–water partition coefficient (Wildman–Crippen LogP) is -0.434. The molecule has 0 saturated heterocycles. The van der Waals surface area contributed by atoms with E-state index < -0.39 is 27.2 Å². The zero-order valence-electron chi connectivity index (χ0n) is 4.69. The predicted molar refractivity (Wildman–Crippen MR) is 33.7 cm³/mol. The Morgan fingerprint density at radius 3 is 2.00 bits per heavy atom. The van der Waals surface area contributed by atoms with Gasteiger partial charge in [-0.05, 0) is 0 Å². The van der Waals surface area contributed by atoms with Crippen molar-refractivity contribution in [2.75, 3.05) is 5.88 Å². The molecule has 0 unspecified atom stereocenters. The summed E-state index contributed by atoms with van der Waals surface area (Å²) in [7, 11) is -4.55. The lowest BCUT2D eigenvalue weighted by Crippen LogP contribution is -2.31. The topological polar surface area (TPSA) is 91.7 Å². The highest BCUT2D eigenvalue weighted by Gasteiger charge is 2.29. The van der Waals surface area contributed by atoms with Crippen LogP contribution in [0.1, 0.15) is 0 Å². The number of hydrogen-bond donors (Lipinski definition) is 2. The first-order valence-corrected chi connectivity index (χ1v) is 4.18. The molecule has 1 atom stereocenters. The molecule has 0 aromatic carbocycles. The average molecular weight is 189 g/mol. The number of aliphatic carboxylic acids is 1. The number of carboxylic acid groups (broad SMARTS) is 1. The summed E-state index contributed by atoms with van der Waals surface area (Å²) in [6.45, 7) is 0. The second-order valence-electron chi connectivity index (χ2n) is 1.50. The highest BCUT2D eigenvalue weighted by Crippen LogP contribution is 2.00. The zero-order valence-corrected chi connectivity index (χ0v) is 6.26. The lowest BCUT2D eigenvalue weighted by molar-refractivity contribution is -0.136. The van der Waals surface area contributed by atoms with Crippen LogP contribution < -0.4 is 0 Å². The highest BCUT2D eigenvalue weighted by atomic mass is 35.5. The molecule has 0 bridgehead atoms. The van der Waals surface area contributed by atoms with Crippen LogP contribution in [-0.2, 0) is 14.9 Å². The van der Waals surface area contributed by atoms with Crippen molar-refractivity contribution in [2.24, 2.45) is 0 Å². The van der Waals surface area contributed by atoms with Crippen molar-refractivity contribution in [3.63, 3.8) is 0 Å². The van der Waals surface area contributed by atoms with Gasteiger partial charge in [0.05, 0.1) is 5.88 Å². The molecule has 0 rings (SSSR count). The van der Waals surface area contributed by atoms with Gasteiger partial charge in [-0.1, -0.05) is 0 Å². The van der Waals surface area contributed by atoms with E-state index >= 15 is 0 Å². The fourth-order valence-electron chi connectivity index (χ4n) is 0.273. The fraction of sp³-hybridized carbons (Fsp3) is 0.667. The molecule has 0 fully saturated rings. The number of rotatable bonds is 3. The molecule has 0 heterocycles. The minimum absolute atomic E-state index is 0.659. The zero-order chi connectivity index (χ0) is 8.36. The summed E-state index contributed by atoms with van der Waals surface area (Å²) < 4.78 is 28.3. The third-order valence-corrected chi connectivity index (χ3v) is 2.35. The monoisotopic (exact) mass is 188 g/mol. The molecular weight excluding hydrogens is 184 g/mol. The Hall–Kier alpha value is -0.330. The summed E-state index contributed by atoms with van der Waals surface area (Å²) in [4.78, 5) is 9.95. The van der Waals surface area contributed by atoms with Crippen molar-refractivity contribution < 1.29 is 22.9 Å². The van der Waals surface area contributed by atoms with Gasteiger partial charge >= 0.3 is 5.97 Å². The lowest BCUT2D eigenvalue weighted by atomic mass is 10.5. The standard InChI is InChI=1S/C3H5ClO5S/c4-1-2(3(5)6)10(7,8)9/h2H,1H2,(H,5,6)(H,7,8,9)/t2-/m1/s1. The molecule has 0 aliphatic rings. The maximum Gasteiger partial charge on any atom is 0.325 e. The van der Waals surface area contributed by atoms with E-state index in [1.54, 1.807) is 0 Å². The van der Waals surface area contributed by atoms with E-state index in [1.165, 1.54) is 0 Å². The lowest BCUT2D eigenvalue weighted by Gasteiger charge is -2.02. The Bertz CT molecular complexity index is 219. The molecule has 0 aliphatic carbocycles. The highest BCUT2D eigenvalue weighted by molar-refractivity contribution is 7.87. The van der Waals surface area contributed by atoms with Crippen LogP contribution in [0.3, 0.4) is 0 Å². The van der Waals surface area contributed by atoms with Gasteiger partial charge in [-0.2, -0.15) is 8.42 Å². The molecule has 5 nitrogen and oxygen atoms in total. The SMILES string of the molecule is O=C(O)[C@@H](CCl)S(=O)(=O)O. The molecule has 0 aromatic heterocycles. The number of alkyl halides is 1. The van der Waals surface area contributed by atoms with E-state index in [4.69, 9.17) is 21.3 Å². The number of halogens is 1. The van der Waals surface area contributed by atoms with Gasteiger partial charge in [0.2, 0.25) is 0 Å². The van der Waals surface area contributed by atoms with Crippen LogP contribution in [0.25, 0.3) is 0 Å². The molecule has 0 aliphatic heterocycles. The van der Waals surface area contributed by atoms with Gasteiger partial charge in [0.15, 0.2) is 5.25 Å². The Kier molecular flexibility index (Phi) is 3.07. The molecule has 60 valence electrons. The molecular formula is C3H5ClO5S. The second kappa shape index (κ2) is 3.18. The number of hydrogen-bond acceptors (Lipinski definition) is 3. The summed E-state index contributed by atoms with van der Waals surface area (Å²) in [6, 6.07) is 0. The van der Waals surface area contributed by atoms with Crippen LogP contribution in [-0.4, -0.2) is 35.2 Å². The molecule has 0 amide bonds. The third kappa shape index (κ3) is 2.51. The van der Waals surface area contributed by atoms with Crippen molar-refractivity contribution in [2.45, 2.75) is 5.25 Å². The largest absolute Gasteiger partial charge is 0.480 e. The van der Waals surface area contributed by atoms with E-state index in [2.05, 4.69) is 0 Å². The summed E-state index contributed by atoms with van der Waals surface area (Å²) in [5.74, 6) is -2.31. The molecule has 7 heteroatoms. The van der Waals surface area contributed by atoms with E-state index in [0.717, 1.165) is 0 Å². The van der Waals surface area contributed by atoms with Crippen molar-refractivity contribution in [1.82, 2.24) is 0 Å². The average Bonchev–Trinajstić information content (AvgIpc) is 1.60. The van der Waals surface area contributed by atoms with E-state index in [9.17, 15) is 13.2 Å². The van der Waals surface area contributed by atoms with Crippen molar-refractivity contribution in [3.8, 4) is 0 Å². The maximum absolute atomic E-state index is 10.1. The number of carbonyl (C=O) groups is 1. The van der Waals surface area contributed by atoms with Gasteiger partial charge in [0.25, 0.3) is 10.1 Å². The first kappa shape index (κ1) is 9.67. The van der Waals surface area contributed by atoms with Crippen LogP contribution in [0.4, 0.5) is 0 Å². The molecule has 2 N–H and O–H groups in total. The van der Waals surface area contributed by atoms with Crippen LogP contribution in [0.2, 0.25) is 0 Å². The fourth-order valence-corrected chi connectivity index (χ4v) is 1.30. The van der Waals surface area contributed by atoms with Crippen LogP contribution in [0, 0.1) is 0 Å². The number of carboxylic acids is 1. The summed E-state index contributed by atoms with van der Waals surface area (Å²) >= 11 is 4.93. The second-order valence-corrected chi connectivity index (χ2v) is 3.40.